The van der Waals surface area contributed by atoms with Gasteiger partial charge in [0.1, 0.15) is 0 Å². The molecule has 0 heterocycles. The van der Waals surface area contributed by atoms with Crippen LogP contribution >= 0.6 is 11.6 Å². The van der Waals surface area contributed by atoms with Gasteiger partial charge >= 0.3 is 6.98 Å². The van der Waals surface area contributed by atoms with Crippen molar-refractivity contribution in [2.45, 2.75) is 79.1 Å². The Morgan fingerprint density at radius 2 is 1.00 bits per heavy atom. The molecule has 28 heavy (non-hydrogen) atoms. The first-order valence-corrected chi connectivity index (χ1v) is 11.4. The highest BCUT2D eigenvalue weighted by atomic mass is 35.5. The fourth-order valence-corrected chi connectivity index (χ4v) is 3.45. The minimum Gasteiger partial charge on any atom is -0.445 e. The van der Waals surface area contributed by atoms with Crippen LogP contribution in [0.15, 0.2) is 24.3 Å². The third-order valence-corrected chi connectivity index (χ3v) is 5.44. The summed E-state index contributed by atoms with van der Waals surface area (Å²) in [6, 6.07) is 4.41. The number of benzene rings is 1. The minimum atomic E-state index is -4.88. The zero-order chi connectivity index (χ0) is 21.5. The van der Waals surface area contributed by atoms with Gasteiger partial charge in [0.2, 0.25) is 0 Å². The number of hydrogen-bond donors (Lipinski definition) is 0. The standard InChI is InChI=1S/C16H36N.C6H4BClF3/c1-5-9-13-17(14-10-6-2,15-11-7-3)16-12-8-4;8-6-3-1-5(2-4-6)7(9,10)11/h5-16H2,1-4H3;1-4H/q+1;-1. The van der Waals surface area contributed by atoms with Crippen molar-refractivity contribution in [3.63, 3.8) is 0 Å². The molecule has 0 saturated carbocycles. The van der Waals surface area contributed by atoms with Gasteiger partial charge in [0.15, 0.2) is 0 Å². The monoisotopic (exact) mass is 421 g/mol. The summed E-state index contributed by atoms with van der Waals surface area (Å²) >= 11 is 5.40. The van der Waals surface area contributed by atoms with Crippen molar-refractivity contribution in [2.75, 3.05) is 26.2 Å². The Kier molecular flexibility index (Phi) is 14.8. The summed E-state index contributed by atoms with van der Waals surface area (Å²) in [6.45, 7) is 10.1. The second-order valence-electron chi connectivity index (χ2n) is 7.78. The van der Waals surface area contributed by atoms with Crippen LogP contribution in [0.2, 0.25) is 5.02 Å². The molecule has 0 radical (unpaired) electrons. The number of hydrogen-bond acceptors (Lipinski definition) is 0. The van der Waals surface area contributed by atoms with Gasteiger partial charge in [-0.3, -0.25) is 0 Å². The zero-order valence-corrected chi connectivity index (χ0v) is 19.1. The summed E-state index contributed by atoms with van der Waals surface area (Å²) in [7, 11) is 0. The molecule has 1 aromatic carbocycles. The second kappa shape index (κ2) is 15.2. The predicted molar refractivity (Wildman–Crippen MR) is 120 cm³/mol. The van der Waals surface area contributed by atoms with Crippen LogP contribution in [0.5, 0.6) is 0 Å². The van der Waals surface area contributed by atoms with Crippen LogP contribution in [0.1, 0.15) is 79.1 Å². The van der Waals surface area contributed by atoms with Crippen molar-refractivity contribution in [2.24, 2.45) is 0 Å². The molecule has 0 aromatic heterocycles. The summed E-state index contributed by atoms with van der Waals surface area (Å²) in [5, 5.41) is 0.314. The highest BCUT2D eigenvalue weighted by Gasteiger charge is 2.25. The first-order valence-electron chi connectivity index (χ1n) is 11.0. The first kappa shape index (κ1) is 27.3. The molecular weight excluding hydrogens is 382 g/mol. The molecule has 6 heteroatoms. The summed E-state index contributed by atoms with van der Waals surface area (Å²) in [4.78, 5) is 0. The minimum absolute atomic E-state index is 0.314. The van der Waals surface area contributed by atoms with E-state index in [0.717, 1.165) is 12.1 Å². The fraction of sp³-hybridized carbons (Fsp3) is 0.727. The maximum absolute atomic E-state index is 11.9. The van der Waals surface area contributed by atoms with Crippen molar-refractivity contribution < 1.29 is 17.4 Å². The van der Waals surface area contributed by atoms with Gasteiger partial charge in [0.05, 0.1) is 26.2 Å². The Labute approximate surface area is 176 Å². The Bertz CT molecular complexity index is 454. The maximum atomic E-state index is 11.9. The SMILES string of the molecule is CCCC[N+](CCCC)(CCCC)CCCC.F[B-](F)(F)c1ccc(Cl)cc1. The van der Waals surface area contributed by atoms with Crippen LogP contribution in [0.25, 0.3) is 0 Å². The number of rotatable bonds is 13. The van der Waals surface area contributed by atoms with Gasteiger partial charge in [-0.25, -0.2) is 0 Å². The highest BCUT2D eigenvalue weighted by molar-refractivity contribution is 6.73. The average Bonchev–Trinajstić information content (AvgIpc) is 2.67. The van der Waals surface area contributed by atoms with E-state index in [2.05, 4.69) is 27.7 Å². The van der Waals surface area contributed by atoms with Crippen LogP contribution in [0, 0.1) is 0 Å². The van der Waals surface area contributed by atoms with Gasteiger partial charge in [0, 0.05) is 5.02 Å². The molecule has 0 spiro atoms. The van der Waals surface area contributed by atoms with Crippen molar-refractivity contribution in [3.8, 4) is 0 Å². The lowest BCUT2D eigenvalue weighted by Crippen LogP contribution is -2.50. The van der Waals surface area contributed by atoms with E-state index in [0.29, 0.717) is 5.02 Å². The van der Waals surface area contributed by atoms with E-state index in [1.807, 2.05) is 0 Å². The Morgan fingerprint density at radius 1 is 0.679 bits per heavy atom. The lowest BCUT2D eigenvalue weighted by atomic mass is 9.80. The Balaban J connectivity index is 0.000000567. The van der Waals surface area contributed by atoms with E-state index in [9.17, 15) is 12.9 Å². The molecule has 0 atom stereocenters. The Morgan fingerprint density at radius 3 is 1.25 bits per heavy atom. The molecule has 0 aliphatic rings. The normalized spacial score (nSPS) is 11.9. The molecule has 0 fully saturated rings. The van der Waals surface area contributed by atoms with Crippen molar-refractivity contribution in [3.05, 3.63) is 29.3 Å². The molecule has 1 rings (SSSR count). The number of quaternary nitrogens is 1. The van der Waals surface area contributed by atoms with Gasteiger partial charge in [-0.15, -0.1) is 5.46 Å². The van der Waals surface area contributed by atoms with Crippen LogP contribution < -0.4 is 5.46 Å². The van der Waals surface area contributed by atoms with E-state index in [1.165, 1.54) is 94.2 Å². The smallest absolute Gasteiger partial charge is 0.445 e. The number of halogens is 4. The van der Waals surface area contributed by atoms with Crippen LogP contribution in [0.4, 0.5) is 12.9 Å². The molecule has 1 nitrogen and oxygen atoms in total. The van der Waals surface area contributed by atoms with Crippen molar-refractivity contribution >= 4 is 24.0 Å². The largest absolute Gasteiger partial charge is 0.509 e. The fourth-order valence-electron chi connectivity index (χ4n) is 3.33. The molecule has 0 saturated heterocycles. The van der Waals surface area contributed by atoms with Crippen molar-refractivity contribution in [1.82, 2.24) is 0 Å². The molecule has 0 bridgehead atoms. The second-order valence-corrected chi connectivity index (χ2v) is 8.21. The van der Waals surface area contributed by atoms with E-state index < -0.39 is 12.4 Å². The van der Waals surface area contributed by atoms with E-state index in [1.54, 1.807) is 0 Å². The van der Waals surface area contributed by atoms with Gasteiger partial charge < -0.3 is 17.4 Å². The average molecular weight is 422 g/mol. The summed E-state index contributed by atoms with van der Waals surface area (Å²) in [5.41, 5.74) is -0.616. The quantitative estimate of drug-likeness (QED) is 0.230. The lowest BCUT2D eigenvalue weighted by Gasteiger charge is -2.39. The summed E-state index contributed by atoms with van der Waals surface area (Å²) < 4.78 is 37.2. The third-order valence-electron chi connectivity index (χ3n) is 5.19. The van der Waals surface area contributed by atoms with Gasteiger partial charge in [0.25, 0.3) is 0 Å². The van der Waals surface area contributed by atoms with Crippen LogP contribution in [0.3, 0.4) is 0 Å². The number of unbranched alkanes of at least 4 members (excludes halogenated alkanes) is 4. The van der Waals surface area contributed by atoms with Gasteiger partial charge in [-0.05, 0) is 37.8 Å². The highest BCUT2D eigenvalue weighted by Crippen LogP contribution is 2.16. The molecule has 0 aliphatic heterocycles. The van der Waals surface area contributed by atoms with Gasteiger partial charge in [-0.1, -0.05) is 77.1 Å². The lowest BCUT2D eigenvalue weighted by molar-refractivity contribution is -0.929. The summed E-state index contributed by atoms with van der Waals surface area (Å²) in [6.07, 6.45) is 11.1. The molecule has 0 unspecified atom stereocenters. The van der Waals surface area contributed by atoms with E-state index >= 15 is 0 Å². The third kappa shape index (κ3) is 12.0. The molecule has 0 aliphatic carbocycles. The van der Waals surface area contributed by atoms with E-state index in [-0.39, 0.29) is 0 Å². The summed E-state index contributed by atoms with van der Waals surface area (Å²) in [5.74, 6) is 0. The first-order chi connectivity index (χ1) is 13.2. The molecule has 0 amide bonds. The molecule has 0 N–H and O–H groups in total. The molecular formula is C22H40BClF3N. The molecule has 1 aromatic rings. The zero-order valence-electron chi connectivity index (χ0n) is 18.3. The predicted octanol–water partition coefficient (Wildman–Crippen LogP) is 7.40. The van der Waals surface area contributed by atoms with Gasteiger partial charge in [-0.2, -0.15) is 0 Å². The van der Waals surface area contributed by atoms with E-state index in [4.69, 9.17) is 11.6 Å². The Hall–Kier alpha value is -0.675. The topological polar surface area (TPSA) is 0 Å². The number of nitrogens with zero attached hydrogens (tertiary/aromatic N) is 1. The maximum Gasteiger partial charge on any atom is 0.509 e. The molecule has 164 valence electrons. The van der Waals surface area contributed by atoms with Crippen molar-refractivity contribution in [1.29, 1.82) is 0 Å². The van der Waals surface area contributed by atoms with Crippen LogP contribution in [-0.4, -0.2) is 37.6 Å². The van der Waals surface area contributed by atoms with Crippen LogP contribution in [-0.2, 0) is 0 Å².